The minimum atomic E-state index is -0.370. The molecule has 0 bridgehead atoms. The Hall–Kier alpha value is -3.47. The molecule has 1 heterocycles. The van der Waals surface area contributed by atoms with E-state index in [4.69, 9.17) is 0 Å². The van der Waals surface area contributed by atoms with Crippen molar-refractivity contribution in [3.05, 3.63) is 107 Å². The fourth-order valence-corrected chi connectivity index (χ4v) is 4.22. The lowest BCUT2D eigenvalue weighted by atomic mass is 9.95. The number of piperidine rings is 1. The quantitative estimate of drug-likeness (QED) is 0.558. The van der Waals surface area contributed by atoms with Crippen LogP contribution in [0.5, 0.6) is 0 Å². The summed E-state index contributed by atoms with van der Waals surface area (Å²) in [6.07, 6.45) is 1.53. The van der Waals surface area contributed by atoms with Gasteiger partial charge in [0.25, 0.3) is 5.91 Å². The molecule has 0 radical (unpaired) electrons. The molecule has 1 aliphatic heterocycles. The van der Waals surface area contributed by atoms with Gasteiger partial charge in [-0.05, 0) is 48.2 Å². The third-order valence-electron chi connectivity index (χ3n) is 5.89. The Balaban J connectivity index is 1.50. The van der Waals surface area contributed by atoms with Crippen molar-refractivity contribution < 1.29 is 14.0 Å². The van der Waals surface area contributed by atoms with E-state index in [0.29, 0.717) is 31.7 Å². The van der Waals surface area contributed by atoms with E-state index in [0.717, 1.165) is 24.0 Å². The molecule has 0 spiro atoms. The van der Waals surface area contributed by atoms with Gasteiger partial charge in [0.1, 0.15) is 5.82 Å². The smallest absolute Gasteiger partial charge is 0.253 e. The number of halogens is 1. The van der Waals surface area contributed by atoms with Gasteiger partial charge in [0.2, 0.25) is 5.91 Å². The maximum absolute atomic E-state index is 13.6. The number of carbonyl (C=O) groups is 2. The van der Waals surface area contributed by atoms with E-state index in [9.17, 15) is 14.0 Å². The fraction of sp³-hybridized carbons (Fsp3) is 0.259. The van der Waals surface area contributed by atoms with Gasteiger partial charge >= 0.3 is 0 Å². The summed E-state index contributed by atoms with van der Waals surface area (Å²) < 4.78 is 13.2. The summed E-state index contributed by atoms with van der Waals surface area (Å²) >= 11 is 0. The molecule has 0 aliphatic carbocycles. The molecule has 2 amide bonds. The fourth-order valence-electron chi connectivity index (χ4n) is 4.22. The first-order valence-corrected chi connectivity index (χ1v) is 11.0. The summed E-state index contributed by atoms with van der Waals surface area (Å²) in [4.78, 5) is 30.1. The summed E-state index contributed by atoms with van der Waals surface area (Å²) in [5, 5.41) is 0. The highest BCUT2D eigenvalue weighted by Gasteiger charge is 2.31. The van der Waals surface area contributed by atoms with Gasteiger partial charge in [-0.2, -0.15) is 0 Å². The third kappa shape index (κ3) is 5.41. The van der Waals surface area contributed by atoms with Gasteiger partial charge in [0.15, 0.2) is 0 Å². The molecule has 5 heteroatoms. The molecule has 1 unspecified atom stereocenters. The number of benzene rings is 3. The lowest BCUT2D eigenvalue weighted by Crippen LogP contribution is -2.46. The minimum Gasteiger partial charge on any atom is -0.338 e. The Kier molecular flexibility index (Phi) is 6.95. The van der Waals surface area contributed by atoms with Crippen molar-refractivity contribution in [2.24, 2.45) is 5.92 Å². The minimum absolute atomic E-state index is 0.0642. The number of nitrogens with zero attached hydrogens (tertiary/aromatic N) is 2. The zero-order valence-electron chi connectivity index (χ0n) is 18.0. The van der Waals surface area contributed by atoms with Crippen LogP contribution in [0.4, 0.5) is 4.39 Å². The summed E-state index contributed by atoms with van der Waals surface area (Å²) in [5.41, 5.74) is 2.60. The molecule has 1 atom stereocenters. The van der Waals surface area contributed by atoms with Gasteiger partial charge in [-0.15, -0.1) is 0 Å². The second-order valence-electron chi connectivity index (χ2n) is 8.26. The van der Waals surface area contributed by atoms with Gasteiger partial charge in [0.05, 0.1) is 5.92 Å². The highest BCUT2D eigenvalue weighted by molar-refractivity contribution is 5.94. The average molecular weight is 431 g/mol. The van der Waals surface area contributed by atoms with E-state index in [1.54, 1.807) is 4.90 Å². The number of rotatable bonds is 6. The van der Waals surface area contributed by atoms with E-state index in [1.807, 2.05) is 65.6 Å². The van der Waals surface area contributed by atoms with Crippen LogP contribution in [-0.2, 0) is 17.9 Å². The standard InChI is InChI=1S/C27H27FN2O2/c28-25-15-13-23(14-16-25)26(31)29-17-7-12-24(20-29)27(32)30(18-21-8-3-1-4-9-21)19-22-10-5-2-6-11-22/h1-6,8-11,13-16,24H,7,12,17-20H2. The van der Waals surface area contributed by atoms with Crippen LogP contribution in [0.1, 0.15) is 34.3 Å². The predicted molar refractivity (Wildman–Crippen MR) is 122 cm³/mol. The van der Waals surface area contributed by atoms with E-state index in [-0.39, 0.29) is 23.5 Å². The first kappa shape index (κ1) is 21.8. The van der Waals surface area contributed by atoms with Crippen LogP contribution in [0.25, 0.3) is 0 Å². The molecule has 0 aromatic heterocycles. The molecule has 0 saturated carbocycles. The number of likely N-dealkylation sites (tertiary alicyclic amines) is 1. The van der Waals surface area contributed by atoms with Gasteiger partial charge < -0.3 is 9.80 Å². The van der Waals surface area contributed by atoms with Gasteiger partial charge in [-0.1, -0.05) is 60.7 Å². The third-order valence-corrected chi connectivity index (χ3v) is 5.89. The number of hydrogen-bond acceptors (Lipinski definition) is 2. The van der Waals surface area contributed by atoms with E-state index in [2.05, 4.69) is 0 Å². The van der Waals surface area contributed by atoms with Crippen LogP contribution in [0, 0.1) is 11.7 Å². The highest BCUT2D eigenvalue weighted by Crippen LogP contribution is 2.23. The number of hydrogen-bond donors (Lipinski definition) is 0. The Bertz CT molecular complexity index is 997. The average Bonchev–Trinajstić information content (AvgIpc) is 2.84. The van der Waals surface area contributed by atoms with Crippen LogP contribution in [0.2, 0.25) is 0 Å². The lowest BCUT2D eigenvalue weighted by Gasteiger charge is -2.35. The summed E-state index contributed by atoms with van der Waals surface area (Å²) in [6.45, 7) is 2.04. The van der Waals surface area contributed by atoms with Crippen molar-refractivity contribution in [3.63, 3.8) is 0 Å². The zero-order chi connectivity index (χ0) is 22.3. The van der Waals surface area contributed by atoms with Crippen molar-refractivity contribution in [2.45, 2.75) is 25.9 Å². The molecule has 4 nitrogen and oxygen atoms in total. The van der Waals surface area contributed by atoms with Crippen molar-refractivity contribution in [3.8, 4) is 0 Å². The number of carbonyl (C=O) groups excluding carboxylic acids is 2. The lowest BCUT2D eigenvalue weighted by molar-refractivity contribution is -0.138. The van der Waals surface area contributed by atoms with Crippen molar-refractivity contribution in [2.75, 3.05) is 13.1 Å². The monoisotopic (exact) mass is 430 g/mol. The van der Waals surface area contributed by atoms with Gasteiger partial charge in [-0.25, -0.2) is 4.39 Å². The predicted octanol–water partition coefficient (Wildman–Crippen LogP) is 4.91. The van der Waals surface area contributed by atoms with Crippen molar-refractivity contribution in [1.29, 1.82) is 0 Å². The molecule has 1 aliphatic rings. The maximum Gasteiger partial charge on any atom is 0.253 e. The Morgan fingerprint density at radius 1 is 0.844 bits per heavy atom. The Morgan fingerprint density at radius 3 is 1.97 bits per heavy atom. The summed E-state index contributed by atoms with van der Waals surface area (Å²) in [6, 6.07) is 25.5. The molecular weight excluding hydrogens is 403 g/mol. The largest absolute Gasteiger partial charge is 0.338 e. The maximum atomic E-state index is 13.6. The Morgan fingerprint density at radius 2 is 1.41 bits per heavy atom. The SMILES string of the molecule is O=C(c1ccc(F)cc1)N1CCCC(C(=O)N(Cc2ccccc2)Cc2ccccc2)C1. The molecule has 0 N–H and O–H groups in total. The second-order valence-corrected chi connectivity index (χ2v) is 8.26. The van der Waals surface area contributed by atoms with Crippen LogP contribution in [0.15, 0.2) is 84.9 Å². The van der Waals surface area contributed by atoms with E-state index in [1.165, 1.54) is 24.3 Å². The molecule has 3 aromatic rings. The van der Waals surface area contributed by atoms with Gasteiger partial charge in [-0.3, -0.25) is 9.59 Å². The zero-order valence-corrected chi connectivity index (χ0v) is 18.0. The summed E-state index contributed by atoms with van der Waals surface area (Å²) in [7, 11) is 0. The highest BCUT2D eigenvalue weighted by atomic mass is 19.1. The molecule has 3 aromatic carbocycles. The first-order chi connectivity index (χ1) is 15.6. The van der Waals surface area contributed by atoms with Crippen LogP contribution in [0.3, 0.4) is 0 Å². The first-order valence-electron chi connectivity index (χ1n) is 11.0. The van der Waals surface area contributed by atoms with Gasteiger partial charge in [0, 0.05) is 31.7 Å². The van der Waals surface area contributed by atoms with Crippen LogP contribution < -0.4 is 0 Å². The summed E-state index contributed by atoms with van der Waals surface area (Å²) in [5.74, 6) is -0.708. The molecule has 1 saturated heterocycles. The molecule has 1 fully saturated rings. The topological polar surface area (TPSA) is 40.6 Å². The van der Waals surface area contributed by atoms with E-state index < -0.39 is 0 Å². The molecule has 4 rings (SSSR count). The van der Waals surface area contributed by atoms with Crippen molar-refractivity contribution >= 4 is 11.8 Å². The molecular formula is C27H27FN2O2. The molecule has 164 valence electrons. The normalized spacial score (nSPS) is 15.9. The van der Waals surface area contributed by atoms with Crippen LogP contribution in [-0.4, -0.2) is 34.7 Å². The van der Waals surface area contributed by atoms with E-state index >= 15 is 0 Å². The van der Waals surface area contributed by atoms with Crippen molar-refractivity contribution in [1.82, 2.24) is 9.80 Å². The number of amides is 2. The second kappa shape index (κ2) is 10.2. The molecule has 32 heavy (non-hydrogen) atoms. The van der Waals surface area contributed by atoms with Crippen LogP contribution >= 0.6 is 0 Å². The Labute approximate surface area is 188 Å².